The number of nitrogens with zero attached hydrogens (tertiary/aromatic N) is 1. The molecular formula is C12H21NO2. The molecule has 3 heteroatoms. The predicted octanol–water partition coefficient (Wildman–Crippen LogP) is 1.32. The van der Waals surface area contributed by atoms with Gasteiger partial charge in [-0.15, -0.1) is 0 Å². The van der Waals surface area contributed by atoms with Crippen molar-refractivity contribution >= 4 is 5.78 Å². The van der Waals surface area contributed by atoms with Crippen LogP contribution in [0, 0.1) is 11.8 Å². The van der Waals surface area contributed by atoms with E-state index in [1.807, 2.05) is 0 Å². The average Bonchev–Trinajstić information content (AvgIpc) is 2.74. The smallest absolute Gasteiger partial charge is 0.152 e. The van der Waals surface area contributed by atoms with Crippen molar-refractivity contribution in [2.45, 2.75) is 26.2 Å². The standard InChI is InChI=1S/C12H21NO2/c1-10-2-5-13(6-3-10)8-12(14)11-4-7-15-9-11/h10-11H,2-9H2,1H3. The molecule has 15 heavy (non-hydrogen) atoms. The van der Waals surface area contributed by atoms with Crippen molar-refractivity contribution in [2.75, 3.05) is 32.8 Å². The largest absolute Gasteiger partial charge is 0.381 e. The van der Waals surface area contributed by atoms with Crippen LogP contribution in [0.15, 0.2) is 0 Å². The van der Waals surface area contributed by atoms with E-state index in [0.717, 1.165) is 32.0 Å². The average molecular weight is 211 g/mol. The van der Waals surface area contributed by atoms with Gasteiger partial charge in [0, 0.05) is 12.5 Å². The molecule has 1 atom stereocenters. The third kappa shape index (κ3) is 3.02. The first-order chi connectivity index (χ1) is 7.25. The number of Topliss-reactive ketones (excluding diaryl/α,β-unsaturated/α-hetero) is 1. The van der Waals surface area contributed by atoms with Gasteiger partial charge in [0.1, 0.15) is 0 Å². The van der Waals surface area contributed by atoms with E-state index >= 15 is 0 Å². The third-order valence-corrected chi connectivity index (χ3v) is 3.64. The van der Waals surface area contributed by atoms with Crippen molar-refractivity contribution in [1.82, 2.24) is 4.90 Å². The number of carbonyl (C=O) groups is 1. The fourth-order valence-corrected chi connectivity index (χ4v) is 2.36. The molecule has 3 nitrogen and oxygen atoms in total. The van der Waals surface area contributed by atoms with Crippen LogP contribution in [0.4, 0.5) is 0 Å². The highest BCUT2D eigenvalue weighted by Crippen LogP contribution is 2.18. The van der Waals surface area contributed by atoms with Crippen molar-refractivity contribution in [3.05, 3.63) is 0 Å². The van der Waals surface area contributed by atoms with Gasteiger partial charge >= 0.3 is 0 Å². The predicted molar refractivity (Wildman–Crippen MR) is 58.8 cm³/mol. The van der Waals surface area contributed by atoms with Crippen LogP contribution >= 0.6 is 0 Å². The molecular weight excluding hydrogens is 190 g/mol. The van der Waals surface area contributed by atoms with Crippen LogP contribution in [0.25, 0.3) is 0 Å². The molecule has 2 aliphatic rings. The van der Waals surface area contributed by atoms with Crippen molar-refractivity contribution in [1.29, 1.82) is 0 Å². The molecule has 0 amide bonds. The molecule has 0 aromatic carbocycles. The monoisotopic (exact) mass is 211 g/mol. The second kappa shape index (κ2) is 5.08. The summed E-state index contributed by atoms with van der Waals surface area (Å²) < 4.78 is 5.25. The lowest BCUT2D eigenvalue weighted by Crippen LogP contribution is -2.38. The second-order valence-electron chi connectivity index (χ2n) is 4.99. The molecule has 0 spiro atoms. The zero-order valence-electron chi connectivity index (χ0n) is 9.58. The van der Waals surface area contributed by atoms with E-state index < -0.39 is 0 Å². The highest BCUT2D eigenvalue weighted by Gasteiger charge is 2.26. The van der Waals surface area contributed by atoms with Gasteiger partial charge in [-0.25, -0.2) is 0 Å². The van der Waals surface area contributed by atoms with Crippen molar-refractivity contribution in [2.24, 2.45) is 11.8 Å². The van der Waals surface area contributed by atoms with Crippen LogP contribution in [0.1, 0.15) is 26.2 Å². The Morgan fingerprint density at radius 3 is 2.67 bits per heavy atom. The van der Waals surface area contributed by atoms with Gasteiger partial charge in [-0.3, -0.25) is 9.69 Å². The molecule has 2 heterocycles. The van der Waals surface area contributed by atoms with Gasteiger partial charge < -0.3 is 4.74 Å². The summed E-state index contributed by atoms with van der Waals surface area (Å²) in [6.07, 6.45) is 3.42. The minimum absolute atomic E-state index is 0.185. The maximum Gasteiger partial charge on any atom is 0.152 e. The maximum atomic E-state index is 11.9. The number of piperidine rings is 1. The molecule has 0 radical (unpaired) electrons. The van der Waals surface area contributed by atoms with Crippen LogP contribution in [0.2, 0.25) is 0 Å². The fraction of sp³-hybridized carbons (Fsp3) is 0.917. The number of hydrogen-bond donors (Lipinski definition) is 0. The Labute approximate surface area is 91.8 Å². The second-order valence-corrected chi connectivity index (χ2v) is 4.99. The molecule has 1 unspecified atom stereocenters. The Hall–Kier alpha value is -0.410. The minimum atomic E-state index is 0.185. The van der Waals surface area contributed by atoms with Gasteiger partial charge in [0.25, 0.3) is 0 Å². The van der Waals surface area contributed by atoms with E-state index in [9.17, 15) is 4.79 Å². The lowest BCUT2D eigenvalue weighted by atomic mass is 9.97. The summed E-state index contributed by atoms with van der Waals surface area (Å²) in [5, 5.41) is 0. The highest BCUT2D eigenvalue weighted by molar-refractivity contribution is 5.83. The summed E-state index contributed by atoms with van der Waals surface area (Å²) in [5.41, 5.74) is 0. The van der Waals surface area contributed by atoms with Crippen molar-refractivity contribution in [3.63, 3.8) is 0 Å². The summed E-state index contributed by atoms with van der Waals surface area (Å²) in [6.45, 7) is 6.57. The van der Waals surface area contributed by atoms with Gasteiger partial charge in [0.05, 0.1) is 13.2 Å². The fourth-order valence-electron chi connectivity index (χ4n) is 2.36. The zero-order chi connectivity index (χ0) is 10.7. The Morgan fingerprint density at radius 2 is 2.07 bits per heavy atom. The summed E-state index contributed by atoms with van der Waals surface area (Å²) >= 11 is 0. The van der Waals surface area contributed by atoms with Gasteiger partial charge in [0.2, 0.25) is 0 Å². The van der Waals surface area contributed by atoms with Crippen molar-refractivity contribution < 1.29 is 9.53 Å². The normalized spacial score (nSPS) is 29.5. The van der Waals surface area contributed by atoms with Crippen LogP contribution in [-0.4, -0.2) is 43.5 Å². The van der Waals surface area contributed by atoms with Gasteiger partial charge in [-0.1, -0.05) is 6.92 Å². The number of likely N-dealkylation sites (tertiary alicyclic amines) is 1. The molecule has 2 rings (SSSR count). The van der Waals surface area contributed by atoms with E-state index in [-0.39, 0.29) is 5.92 Å². The third-order valence-electron chi connectivity index (χ3n) is 3.64. The number of hydrogen-bond acceptors (Lipinski definition) is 3. The molecule has 2 aliphatic heterocycles. The van der Waals surface area contributed by atoms with E-state index in [1.165, 1.54) is 12.8 Å². The molecule has 86 valence electrons. The van der Waals surface area contributed by atoms with Gasteiger partial charge in [-0.05, 0) is 38.3 Å². The molecule has 0 aromatic heterocycles. The molecule has 0 saturated carbocycles. The summed E-state index contributed by atoms with van der Waals surface area (Å²) in [6, 6.07) is 0. The SMILES string of the molecule is CC1CCN(CC(=O)C2CCOC2)CC1. The molecule has 0 bridgehead atoms. The quantitative estimate of drug-likeness (QED) is 0.705. The lowest BCUT2D eigenvalue weighted by Gasteiger charge is -2.30. The van der Waals surface area contributed by atoms with E-state index in [4.69, 9.17) is 4.74 Å². The van der Waals surface area contributed by atoms with E-state index in [0.29, 0.717) is 18.9 Å². The molecule has 2 fully saturated rings. The Balaban J connectivity index is 1.74. The topological polar surface area (TPSA) is 29.5 Å². The minimum Gasteiger partial charge on any atom is -0.381 e. The first-order valence-corrected chi connectivity index (χ1v) is 6.08. The number of ketones is 1. The number of carbonyl (C=O) groups excluding carboxylic acids is 1. The maximum absolute atomic E-state index is 11.9. The number of ether oxygens (including phenoxy) is 1. The first kappa shape index (κ1) is 11.1. The molecule has 0 N–H and O–H groups in total. The summed E-state index contributed by atoms with van der Waals surface area (Å²) in [7, 11) is 0. The van der Waals surface area contributed by atoms with Crippen molar-refractivity contribution in [3.8, 4) is 0 Å². The van der Waals surface area contributed by atoms with Crippen LogP contribution in [0.5, 0.6) is 0 Å². The molecule has 0 aliphatic carbocycles. The number of rotatable bonds is 3. The van der Waals surface area contributed by atoms with Crippen LogP contribution in [-0.2, 0) is 9.53 Å². The molecule has 2 saturated heterocycles. The highest BCUT2D eigenvalue weighted by atomic mass is 16.5. The Bertz CT molecular complexity index is 216. The summed E-state index contributed by atoms with van der Waals surface area (Å²) in [5.74, 6) is 1.41. The van der Waals surface area contributed by atoms with E-state index in [1.54, 1.807) is 0 Å². The lowest BCUT2D eigenvalue weighted by molar-refractivity contribution is -0.124. The van der Waals surface area contributed by atoms with Gasteiger partial charge in [0.15, 0.2) is 5.78 Å². The van der Waals surface area contributed by atoms with Crippen LogP contribution < -0.4 is 0 Å². The Morgan fingerprint density at radius 1 is 1.33 bits per heavy atom. The first-order valence-electron chi connectivity index (χ1n) is 6.08. The zero-order valence-corrected chi connectivity index (χ0v) is 9.58. The Kier molecular flexibility index (Phi) is 3.76. The van der Waals surface area contributed by atoms with E-state index in [2.05, 4.69) is 11.8 Å². The molecule has 0 aromatic rings. The van der Waals surface area contributed by atoms with Gasteiger partial charge in [-0.2, -0.15) is 0 Å². The summed E-state index contributed by atoms with van der Waals surface area (Å²) in [4.78, 5) is 14.2. The van der Waals surface area contributed by atoms with Crippen LogP contribution in [0.3, 0.4) is 0 Å².